The Labute approximate surface area is 106 Å². The van der Waals surface area contributed by atoms with Crippen LogP contribution in [0.5, 0.6) is 0 Å². The molecule has 1 N–H and O–H groups in total. The summed E-state index contributed by atoms with van der Waals surface area (Å²) in [6.07, 6.45) is 0.412. The van der Waals surface area contributed by atoms with Crippen LogP contribution < -0.4 is 0 Å². The molecule has 1 heterocycles. The fourth-order valence-electron chi connectivity index (χ4n) is 1.94. The van der Waals surface area contributed by atoms with E-state index in [-0.39, 0.29) is 30.6 Å². The number of urea groups is 1. The summed E-state index contributed by atoms with van der Waals surface area (Å²) in [5.41, 5.74) is 0. The maximum atomic E-state index is 12.0. The summed E-state index contributed by atoms with van der Waals surface area (Å²) in [5, 5.41) is 8.69. The van der Waals surface area contributed by atoms with E-state index < -0.39 is 21.8 Å². The number of likely N-dealkylation sites (N-methyl/N-ethyl adjacent to an activating group) is 1. The van der Waals surface area contributed by atoms with Gasteiger partial charge in [-0.1, -0.05) is 0 Å². The second-order valence-electron chi connectivity index (χ2n) is 4.36. The number of hydrogen-bond acceptors (Lipinski definition) is 4. The number of carboxylic acids is 1. The second kappa shape index (κ2) is 5.55. The highest BCUT2D eigenvalue weighted by atomic mass is 32.2. The molecule has 1 fully saturated rings. The van der Waals surface area contributed by atoms with Crippen LogP contribution in [-0.2, 0) is 14.6 Å². The smallest absolute Gasteiger partial charge is 0.323 e. The fourth-order valence-corrected chi connectivity index (χ4v) is 3.71. The minimum atomic E-state index is -3.06. The van der Waals surface area contributed by atoms with Crippen LogP contribution in [0, 0.1) is 0 Å². The minimum absolute atomic E-state index is 0.0418. The zero-order chi connectivity index (χ0) is 13.9. The Balaban J connectivity index is 2.68. The predicted molar refractivity (Wildman–Crippen MR) is 65.1 cm³/mol. The molecule has 8 heteroatoms. The van der Waals surface area contributed by atoms with Gasteiger partial charge in [-0.25, -0.2) is 13.2 Å². The van der Waals surface area contributed by atoms with Crippen molar-refractivity contribution in [3.63, 3.8) is 0 Å². The van der Waals surface area contributed by atoms with E-state index >= 15 is 0 Å². The van der Waals surface area contributed by atoms with Crippen molar-refractivity contribution in [3.05, 3.63) is 0 Å². The second-order valence-corrected chi connectivity index (χ2v) is 6.59. The van der Waals surface area contributed by atoms with Crippen LogP contribution in [-0.4, -0.2) is 73.0 Å². The van der Waals surface area contributed by atoms with Crippen LogP contribution >= 0.6 is 0 Å². The molecule has 2 amide bonds. The molecular formula is C10H18N2O5S. The Morgan fingerprint density at radius 3 is 2.39 bits per heavy atom. The van der Waals surface area contributed by atoms with Gasteiger partial charge in [-0.2, -0.15) is 0 Å². The molecule has 0 aliphatic carbocycles. The zero-order valence-corrected chi connectivity index (χ0v) is 11.3. The Morgan fingerprint density at radius 2 is 2.00 bits per heavy atom. The standard InChI is InChI=1S/C10H18N2O5S/c1-3-12(6-9(13)14)10(15)11(2)8-4-5-18(16,17)7-8/h8H,3-7H2,1-2H3,(H,13,14). The average Bonchev–Trinajstić information content (AvgIpc) is 2.64. The largest absolute Gasteiger partial charge is 0.480 e. The first-order valence-corrected chi connectivity index (χ1v) is 7.53. The highest BCUT2D eigenvalue weighted by Gasteiger charge is 2.34. The van der Waals surface area contributed by atoms with E-state index in [9.17, 15) is 18.0 Å². The fraction of sp³-hybridized carbons (Fsp3) is 0.800. The quantitative estimate of drug-likeness (QED) is 0.757. The van der Waals surface area contributed by atoms with Crippen LogP contribution in [0.25, 0.3) is 0 Å². The normalized spacial score (nSPS) is 21.6. The summed E-state index contributed by atoms with van der Waals surface area (Å²) in [6.45, 7) is 1.58. The number of hydrogen-bond donors (Lipinski definition) is 1. The van der Waals surface area contributed by atoms with Gasteiger partial charge in [0.25, 0.3) is 0 Å². The highest BCUT2D eigenvalue weighted by molar-refractivity contribution is 7.91. The van der Waals surface area contributed by atoms with E-state index in [4.69, 9.17) is 5.11 Å². The number of sulfone groups is 1. The van der Waals surface area contributed by atoms with Gasteiger partial charge in [0.05, 0.1) is 11.5 Å². The molecule has 0 bridgehead atoms. The molecule has 1 rings (SSSR count). The SMILES string of the molecule is CCN(CC(=O)O)C(=O)N(C)C1CCS(=O)(=O)C1. The molecule has 18 heavy (non-hydrogen) atoms. The molecule has 1 unspecified atom stereocenters. The molecule has 0 aromatic carbocycles. The van der Waals surface area contributed by atoms with Crippen molar-refractivity contribution in [2.75, 3.05) is 31.6 Å². The third-order valence-electron chi connectivity index (χ3n) is 3.04. The minimum Gasteiger partial charge on any atom is -0.480 e. The summed E-state index contributed by atoms with van der Waals surface area (Å²) < 4.78 is 22.7. The first kappa shape index (κ1) is 14.7. The van der Waals surface area contributed by atoms with Crippen LogP contribution in [0.4, 0.5) is 4.79 Å². The van der Waals surface area contributed by atoms with E-state index in [1.165, 1.54) is 16.8 Å². The van der Waals surface area contributed by atoms with Crippen molar-refractivity contribution in [1.29, 1.82) is 0 Å². The van der Waals surface area contributed by atoms with Gasteiger partial charge in [-0.05, 0) is 13.3 Å². The number of carbonyl (C=O) groups is 2. The Kier molecular flexibility index (Phi) is 4.55. The molecule has 7 nitrogen and oxygen atoms in total. The van der Waals surface area contributed by atoms with Crippen LogP contribution in [0.1, 0.15) is 13.3 Å². The third-order valence-corrected chi connectivity index (χ3v) is 4.79. The summed E-state index contributed by atoms with van der Waals surface area (Å²) in [4.78, 5) is 25.1. The molecular weight excluding hydrogens is 260 g/mol. The Hall–Kier alpha value is -1.31. The maximum Gasteiger partial charge on any atom is 0.323 e. The molecule has 1 atom stereocenters. The van der Waals surface area contributed by atoms with Crippen LogP contribution in [0.2, 0.25) is 0 Å². The van der Waals surface area contributed by atoms with Gasteiger partial charge in [0.15, 0.2) is 9.84 Å². The molecule has 0 radical (unpaired) electrons. The van der Waals surface area contributed by atoms with E-state index in [0.717, 1.165) is 0 Å². The van der Waals surface area contributed by atoms with Crippen LogP contribution in [0.3, 0.4) is 0 Å². The summed E-state index contributed by atoms with van der Waals surface area (Å²) in [7, 11) is -1.55. The Bertz CT molecular complexity index is 434. The molecule has 1 saturated heterocycles. The lowest BCUT2D eigenvalue weighted by Crippen LogP contribution is -2.48. The average molecular weight is 278 g/mol. The topological polar surface area (TPSA) is 95.0 Å². The summed E-state index contributed by atoms with van der Waals surface area (Å²) >= 11 is 0. The lowest BCUT2D eigenvalue weighted by atomic mass is 10.2. The number of aliphatic carboxylic acids is 1. The molecule has 0 aromatic rings. The number of carboxylic acid groups (broad SMARTS) is 1. The first-order chi connectivity index (χ1) is 8.26. The van der Waals surface area contributed by atoms with E-state index in [2.05, 4.69) is 0 Å². The van der Waals surface area contributed by atoms with Gasteiger partial charge in [0.2, 0.25) is 0 Å². The predicted octanol–water partition coefficient (Wildman–Crippen LogP) is -0.368. The van der Waals surface area contributed by atoms with Crippen molar-refractivity contribution < 1.29 is 23.1 Å². The zero-order valence-electron chi connectivity index (χ0n) is 10.5. The van der Waals surface area contributed by atoms with E-state index in [0.29, 0.717) is 6.42 Å². The lowest BCUT2D eigenvalue weighted by molar-refractivity contribution is -0.137. The number of nitrogens with zero attached hydrogens (tertiary/aromatic N) is 2. The molecule has 1 aliphatic heterocycles. The molecule has 1 aliphatic rings. The maximum absolute atomic E-state index is 12.0. The van der Waals surface area contributed by atoms with Gasteiger partial charge in [-0.15, -0.1) is 0 Å². The van der Waals surface area contributed by atoms with E-state index in [1.807, 2.05) is 0 Å². The van der Waals surface area contributed by atoms with Gasteiger partial charge in [0, 0.05) is 19.6 Å². The van der Waals surface area contributed by atoms with E-state index in [1.54, 1.807) is 6.92 Å². The van der Waals surface area contributed by atoms with Crippen molar-refractivity contribution in [2.45, 2.75) is 19.4 Å². The third kappa shape index (κ3) is 3.59. The van der Waals surface area contributed by atoms with Crippen molar-refractivity contribution in [2.24, 2.45) is 0 Å². The van der Waals surface area contributed by atoms with Gasteiger partial charge < -0.3 is 14.9 Å². The van der Waals surface area contributed by atoms with Crippen molar-refractivity contribution in [1.82, 2.24) is 9.80 Å². The lowest BCUT2D eigenvalue weighted by Gasteiger charge is -2.29. The number of carbonyl (C=O) groups excluding carboxylic acids is 1. The van der Waals surface area contributed by atoms with Gasteiger partial charge in [-0.3, -0.25) is 4.79 Å². The first-order valence-electron chi connectivity index (χ1n) is 5.70. The van der Waals surface area contributed by atoms with Crippen molar-refractivity contribution in [3.8, 4) is 0 Å². The number of rotatable bonds is 4. The highest BCUT2D eigenvalue weighted by Crippen LogP contribution is 2.17. The molecule has 104 valence electrons. The molecule has 0 saturated carbocycles. The van der Waals surface area contributed by atoms with Gasteiger partial charge >= 0.3 is 12.0 Å². The Morgan fingerprint density at radius 1 is 1.39 bits per heavy atom. The summed E-state index contributed by atoms with van der Waals surface area (Å²) in [6, 6.07) is -0.799. The van der Waals surface area contributed by atoms with Crippen molar-refractivity contribution >= 4 is 21.8 Å². The number of amides is 2. The summed E-state index contributed by atoms with van der Waals surface area (Å²) in [5.74, 6) is -1.04. The van der Waals surface area contributed by atoms with Gasteiger partial charge in [0.1, 0.15) is 6.54 Å². The monoisotopic (exact) mass is 278 g/mol. The molecule has 0 aromatic heterocycles. The molecule has 0 spiro atoms. The van der Waals surface area contributed by atoms with Crippen LogP contribution in [0.15, 0.2) is 0 Å².